The summed E-state index contributed by atoms with van der Waals surface area (Å²) >= 11 is 0. The average molecular weight is 388 g/mol. The summed E-state index contributed by atoms with van der Waals surface area (Å²) in [5.41, 5.74) is 4.59. The largest absolute Gasteiger partial charge is 0.488 e. The molecule has 0 aliphatic carbocycles. The number of piperidine rings is 1. The molecule has 27 heavy (non-hydrogen) atoms. The molecule has 1 aromatic carbocycles. The maximum absolute atomic E-state index is 13.4. The fraction of sp³-hybridized carbons (Fsp3) is 0.632. The Morgan fingerprint density at radius 3 is 2.52 bits per heavy atom. The second-order valence-electron chi connectivity index (χ2n) is 7.85. The van der Waals surface area contributed by atoms with Crippen molar-refractivity contribution in [3.63, 3.8) is 0 Å². The SMILES string of the molecule is CC(N)c1ccc(OC2CCCN(C(=O)OC(C)(C)C)C2)c(C(F)(F)F)c1. The fourth-order valence-electron chi connectivity index (χ4n) is 2.86. The normalized spacial score (nSPS) is 19.6. The molecule has 1 heterocycles. The van der Waals surface area contributed by atoms with Crippen molar-refractivity contribution in [1.82, 2.24) is 4.90 Å². The molecule has 0 saturated carbocycles. The Balaban J connectivity index is 2.15. The highest BCUT2D eigenvalue weighted by Gasteiger charge is 2.36. The summed E-state index contributed by atoms with van der Waals surface area (Å²) < 4.78 is 51.3. The Hall–Kier alpha value is -1.96. The molecule has 1 saturated heterocycles. The van der Waals surface area contributed by atoms with E-state index in [0.29, 0.717) is 24.9 Å². The zero-order chi connectivity index (χ0) is 20.4. The lowest BCUT2D eigenvalue weighted by molar-refractivity contribution is -0.139. The van der Waals surface area contributed by atoms with E-state index < -0.39 is 35.6 Å². The first kappa shape index (κ1) is 21.3. The van der Waals surface area contributed by atoms with Crippen molar-refractivity contribution in [2.45, 2.75) is 64.5 Å². The van der Waals surface area contributed by atoms with Gasteiger partial charge in [-0.15, -0.1) is 0 Å². The van der Waals surface area contributed by atoms with Crippen LogP contribution in [0.3, 0.4) is 0 Å². The summed E-state index contributed by atoms with van der Waals surface area (Å²) in [6.45, 7) is 7.58. The van der Waals surface area contributed by atoms with Crippen molar-refractivity contribution in [2.75, 3.05) is 13.1 Å². The number of ether oxygens (including phenoxy) is 2. The van der Waals surface area contributed by atoms with Gasteiger partial charge in [0.2, 0.25) is 0 Å². The maximum Gasteiger partial charge on any atom is 0.419 e. The molecule has 2 N–H and O–H groups in total. The van der Waals surface area contributed by atoms with E-state index in [2.05, 4.69) is 0 Å². The number of nitrogens with zero attached hydrogens (tertiary/aromatic N) is 1. The average Bonchev–Trinajstić information content (AvgIpc) is 2.52. The van der Waals surface area contributed by atoms with Gasteiger partial charge in [-0.1, -0.05) is 6.07 Å². The molecule has 2 rings (SSSR count). The van der Waals surface area contributed by atoms with Crippen molar-refractivity contribution >= 4 is 6.09 Å². The van der Waals surface area contributed by atoms with E-state index in [4.69, 9.17) is 15.2 Å². The third-order valence-corrected chi connectivity index (χ3v) is 4.16. The first-order chi connectivity index (χ1) is 12.4. The summed E-state index contributed by atoms with van der Waals surface area (Å²) in [6.07, 6.45) is -4.39. The number of carbonyl (C=O) groups is 1. The van der Waals surface area contributed by atoms with Crippen LogP contribution in [0.15, 0.2) is 18.2 Å². The lowest BCUT2D eigenvalue weighted by Gasteiger charge is -2.34. The lowest BCUT2D eigenvalue weighted by Crippen LogP contribution is -2.46. The predicted octanol–water partition coefficient (Wildman–Crippen LogP) is 4.50. The smallest absolute Gasteiger partial charge is 0.419 e. The molecule has 2 atom stereocenters. The van der Waals surface area contributed by atoms with Crippen LogP contribution in [0, 0.1) is 0 Å². The van der Waals surface area contributed by atoms with Gasteiger partial charge in [0.05, 0.1) is 12.1 Å². The van der Waals surface area contributed by atoms with E-state index in [9.17, 15) is 18.0 Å². The fourth-order valence-corrected chi connectivity index (χ4v) is 2.86. The minimum atomic E-state index is -4.56. The molecule has 1 aliphatic heterocycles. The molecule has 1 amide bonds. The molecule has 5 nitrogen and oxygen atoms in total. The topological polar surface area (TPSA) is 64.8 Å². The lowest BCUT2D eigenvalue weighted by atomic mass is 10.0. The zero-order valence-corrected chi connectivity index (χ0v) is 16.1. The van der Waals surface area contributed by atoms with E-state index in [0.717, 1.165) is 6.07 Å². The van der Waals surface area contributed by atoms with Crippen LogP contribution in [0.2, 0.25) is 0 Å². The molecular formula is C19H27F3N2O3. The highest BCUT2D eigenvalue weighted by Crippen LogP contribution is 2.38. The van der Waals surface area contributed by atoms with Gasteiger partial charge in [0.25, 0.3) is 0 Å². The van der Waals surface area contributed by atoms with Gasteiger partial charge in [-0.05, 0) is 58.2 Å². The van der Waals surface area contributed by atoms with Crippen molar-refractivity contribution in [3.8, 4) is 5.75 Å². The number of benzene rings is 1. The van der Waals surface area contributed by atoms with Crippen LogP contribution in [-0.4, -0.2) is 35.8 Å². The third kappa shape index (κ3) is 6.02. The van der Waals surface area contributed by atoms with Crippen molar-refractivity contribution < 1.29 is 27.4 Å². The second kappa shape index (κ2) is 7.96. The van der Waals surface area contributed by atoms with E-state index in [1.54, 1.807) is 27.7 Å². The van der Waals surface area contributed by atoms with E-state index in [1.165, 1.54) is 17.0 Å². The van der Waals surface area contributed by atoms with Gasteiger partial charge in [-0.25, -0.2) is 4.79 Å². The van der Waals surface area contributed by atoms with Crippen LogP contribution in [0.1, 0.15) is 57.7 Å². The van der Waals surface area contributed by atoms with Crippen molar-refractivity contribution in [2.24, 2.45) is 5.73 Å². The highest BCUT2D eigenvalue weighted by atomic mass is 19.4. The van der Waals surface area contributed by atoms with Crippen molar-refractivity contribution in [1.29, 1.82) is 0 Å². The molecule has 2 unspecified atom stereocenters. The molecule has 1 aromatic rings. The monoisotopic (exact) mass is 388 g/mol. The van der Waals surface area contributed by atoms with Crippen LogP contribution >= 0.6 is 0 Å². The number of likely N-dealkylation sites (tertiary alicyclic amines) is 1. The van der Waals surface area contributed by atoms with Gasteiger partial charge in [-0.2, -0.15) is 13.2 Å². The Kier molecular flexibility index (Phi) is 6.29. The Morgan fingerprint density at radius 1 is 1.30 bits per heavy atom. The minimum Gasteiger partial charge on any atom is -0.488 e. The summed E-state index contributed by atoms with van der Waals surface area (Å²) in [5, 5.41) is 0. The highest BCUT2D eigenvalue weighted by molar-refractivity contribution is 5.68. The van der Waals surface area contributed by atoms with E-state index >= 15 is 0 Å². The summed E-state index contributed by atoms with van der Waals surface area (Å²) in [7, 11) is 0. The van der Waals surface area contributed by atoms with Gasteiger partial charge >= 0.3 is 12.3 Å². The number of nitrogens with two attached hydrogens (primary N) is 1. The third-order valence-electron chi connectivity index (χ3n) is 4.16. The molecule has 1 fully saturated rings. The predicted molar refractivity (Wildman–Crippen MR) is 95.5 cm³/mol. The molecule has 1 aliphatic rings. The van der Waals surface area contributed by atoms with E-state index in [-0.39, 0.29) is 12.3 Å². The van der Waals surface area contributed by atoms with Gasteiger partial charge in [0.15, 0.2) is 0 Å². The van der Waals surface area contributed by atoms with Crippen LogP contribution in [0.4, 0.5) is 18.0 Å². The quantitative estimate of drug-likeness (QED) is 0.828. The molecule has 8 heteroatoms. The Morgan fingerprint density at radius 2 is 1.96 bits per heavy atom. The minimum absolute atomic E-state index is 0.182. The van der Waals surface area contributed by atoms with Crippen LogP contribution in [-0.2, 0) is 10.9 Å². The number of halogens is 3. The van der Waals surface area contributed by atoms with Gasteiger partial charge in [-0.3, -0.25) is 0 Å². The summed E-state index contributed by atoms with van der Waals surface area (Å²) in [5.74, 6) is -0.247. The number of hydrogen-bond donors (Lipinski definition) is 1. The summed E-state index contributed by atoms with van der Waals surface area (Å²) in [6, 6.07) is 3.34. The Bertz CT molecular complexity index is 669. The number of amides is 1. The molecule has 0 aromatic heterocycles. The Labute approximate surface area is 157 Å². The van der Waals surface area contributed by atoms with Crippen LogP contribution in [0.5, 0.6) is 5.75 Å². The maximum atomic E-state index is 13.4. The van der Waals surface area contributed by atoms with Crippen LogP contribution in [0.25, 0.3) is 0 Å². The number of alkyl halides is 3. The van der Waals surface area contributed by atoms with Gasteiger partial charge in [0.1, 0.15) is 17.5 Å². The zero-order valence-electron chi connectivity index (χ0n) is 16.1. The number of hydrogen-bond acceptors (Lipinski definition) is 4. The first-order valence-electron chi connectivity index (χ1n) is 8.98. The number of rotatable bonds is 3. The summed E-state index contributed by atoms with van der Waals surface area (Å²) in [4.78, 5) is 13.7. The van der Waals surface area contributed by atoms with Crippen molar-refractivity contribution in [3.05, 3.63) is 29.3 Å². The number of carbonyl (C=O) groups excluding carboxylic acids is 1. The van der Waals surface area contributed by atoms with Gasteiger partial charge in [0, 0.05) is 12.6 Å². The molecule has 152 valence electrons. The van der Waals surface area contributed by atoms with Gasteiger partial charge < -0.3 is 20.1 Å². The first-order valence-corrected chi connectivity index (χ1v) is 8.98. The molecule has 0 spiro atoms. The van der Waals surface area contributed by atoms with Crippen LogP contribution < -0.4 is 10.5 Å². The molecule has 0 bridgehead atoms. The standard InChI is InChI=1S/C19H27F3N2O3/c1-12(23)13-7-8-16(15(10-13)19(20,21)22)26-14-6-5-9-24(11-14)17(25)27-18(2,3)4/h7-8,10,12,14H,5-6,9,11,23H2,1-4H3. The molecular weight excluding hydrogens is 361 g/mol. The second-order valence-corrected chi connectivity index (χ2v) is 7.85. The van der Waals surface area contributed by atoms with E-state index in [1.807, 2.05) is 0 Å². The molecule has 0 radical (unpaired) electrons.